The lowest BCUT2D eigenvalue weighted by molar-refractivity contribution is -0.120. The predicted molar refractivity (Wildman–Crippen MR) is 74.2 cm³/mol. The molecule has 0 spiro atoms. The summed E-state index contributed by atoms with van der Waals surface area (Å²) in [4.78, 5) is 11.5. The second-order valence-electron chi connectivity index (χ2n) is 4.66. The molecule has 2 N–H and O–H groups in total. The van der Waals surface area contributed by atoms with Gasteiger partial charge in [-0.2, -0.15) is 5.26 Å². The normalized spacial score (nSPS) is 11.1. The summed E-state index contributed by atoms with van der Waals surface area (Å²) in [5.41, 5.74) is 0.374. The van der Waals surface area contributed by atoms with Gasteiger partial charge in [-0.1, -0.05) is 13.8 Å². The molecule has 0 saturated heterocycles. The van der Waals surface area contributed by atoms with Crippen molar-refractivity contribution < 1.29 is 13.2 Å². The number of rotatable bonds is 6. The fourth-order valence-electron chi connectivity index (χ4n) is 1.33. The molecule has 1 rings (SSSR count). The Morgan fingerprint density at radius 3 is 2.40 bits per heavy atom. The monoisotopic (exact) mass is 295 g/mol. The summed E-state index contributed by atoms with van der Waals surface area (Å²) in [6, 6.07) is 7.38. The van der Waals surface area contributed by atoms with Gasteiger partial charge in [0.05, 0.1) is 23.1 Å². The summed E-state index contributed by atoms with van der Waals surface area (Å²) in [6.45, 7) is 4.08. The Morgan fingerprint density at radius 2 is 1.90 bits per heavy atom. The molecule has 20 heavy (non-hydrogen) atoms. The Bertz CT molecular complexity index is 601. The molecule has 0 aliphatic heterocycles. The third-order valence-electron chi connectivity index (χ3n) is 2.42. The zero-order valence-electron chi connectivity index (χ0n) is 11.4. The van der Waals surface area contributed by atoms with Gasteiger partial charge in [-0.25, -0.2) is 13.1 Å². The number of sulfonamides is 1. The second-order valence-corrected chi connectivity index (χ2v) is 6.43. The van der Waals surface area contributed by atoms with Crippen LogP contribution in [-0.4, -0.2) is 27.4 Å². The minimum Gasteiger partial charge on any atom is -0.355 e. The van der Waals surface area contributed by atoms with Gasteiger partial charge in [0, 0.05) is 6.54 Å². The minimum atomic E-state index is -3.74. The van der Waals surface area contributed by atoms with Crippen LogP contribution in [0.15, 0.2) is 29.2 Å². The molecule has 0 atom stereocenters. The van der Waals surface area contributed by atoms with Crippen molar-refractivity contribution in [2.24, 2.45) is 5.92 Å². The van der Waals surface area contributed by atoms with Crippen LogP contribution < -0.4 is 10.0 Å². The van der Waals surface area contributed by atoms with E-state index in [1.165, 1.54) is 24.3 Å². The van der Waals surface area contributed by atoms with Crippen molar-refractivity contribution in [2.75, 3.05) is 13.1 Å². The van der Waals surface area contributed by atoms with Crippen molar-refractivity contribution in [3.8, 4) is 6.07 Å². The first-order chi connectivity index (χ1) is 9.35. The van der Waals surface area contributed by atoms with E-state index in [1.807, 2.05) is 19.9 Å². The molecule has 0 unspecified atom stereocenters. The van der Waals surface area contributed by atoms with Crippen molar-refractivity contribution in [3.05, 3.63) is 29.8 Å². The molecular weight excluding hydrogens is 278 g/mol. The number of carbonyl (C=O) groups is 1. The van der Waals surface area contributed by atoms with Gasteiger partial charge >= 0.3 is 0 Å². The molecule has 6 nitrogen and oxygen atoms in total. The Labute approximate surface area is 118 Å². The van der Waals surface area contributed by atoms with Crippen LogP contribution in [0.1, 0.15) is 19.4 Å². The molecule has 0 aromatic heterocycles. The fourth-order valence-corrected chi connectivity index (χ4v) is 2.32. The maximum Gasteiger partial charge on any atom is 0.241 e. The van der Waals surface area contributed by atoms with Crippen molar-refractivity contribution in [2.45, 2.75) is 18.7 Å². The molecule has 0 saturated carbocycles. The lowest BCUT2D eigenvalue weighted by atomic mass is 10.2. The van der Waals surface area contributed by atoms with Gasteiger partial charge < -0.3 is 5.32 Å². The van der Waals surface area contributed by atoms with E-state index in [2.05, 4.69) is 10.0 Å². The summed E-state index contributed by atoms with van der Waals surface area (Å²) in [5, 5.41) is 11.3. The number of carbonyl (C=O) groups excluding carboxylic acids is 1. The number of nitrogens with zero attached hydrogens (tertiary/aromatic N) is 1. The van der Waals surface area contributed by atoms with E-state index in [9.17, 15) is 13.2 Å². The van der Waals surface area contributed by atoms with Crippen LogP contribution in [0.2, 0.25) is 0 Å². The number of nitriles is 1. The Kier molecular flexibility index (Phi) is 5.67. The highest BCUT2D eigenvalue weighted by Gasteiger charge is 2.15. The zero-order chi connectivity index (χ0) is 15.2. The summed E-state index contributed by atoms with van der Waals surface area (Å²) in [7, 11) is -3.74. The first kappa shape index (κ1) is 16.1. The lowest BCUT2D eigenvalue weighted by Gasteiger charge is -2.09. The molecule has 0 aliphatic carbocycles. The molecule has 7 heteroatoms. The fraction of sp³-hybridized carbons (Fsp3) is 0.385. The van der Waals surface area contributed by atoms with E-state index in [0.29, 0.717) is 18.0 Å². The van der Waals surface area contributed by atoms with E-state index in [-0.39, 0.29) is 17.3 Å². The molecule has 0 radical (unpaired) electrons. The Balaban J connectivity index is 2.61. The first-order valence-corrected chi connectivity index (χ1v) is 7.60. The van der Waals surface area contributed by atoms with Gasteiger partial charge in [0.25, 0.3) is 0 Å². The molecule has 108 valence electrons. The second kappa shape index (κ2) is 7.03. The lowest BCUT2D eigenvalue weighted by Crippen LogP contribution is -2.38. The maximum absolute atomic E-state index is 11.9. The molecule has 0 aliphatic rings. The number of amides is 1. The SMILES string of the molecule is CC(C)CNC(=O)CNS(=O)(=O)c1ccc(C#N)cc1. The summed E-state index contributed by atoms with van der Waals surface area (Å²) in [6.07, 6.45) is 0. The largest absolute Gasteiger partial charge is 0.355 e. The van der Waals surface area contributed by atoms with Gasteiger partial charge in [-0.15, -0.1) is 0 Å². The predicted octanol–water partition coefficient (Wildman–Crippen LogP) is 0.609. The van der Waals surface area contributed by atoms with Crippen LogP contribution in [-0.2, 0) is 14.8 Å². The van der Waals surface area contributed by atoms with Gasteiger partial charge in [-0.05, 0) is 30.2 Å². The number of hydrogen-bond donors (Lipinski definition) is 2. The topological polar surface area (TPSA) is 99.1 Å². The number of benzene rings is 1. The quantitative estimate of drug-likeness (QED) is 0.803. The third-order valence-corrected chi connectivity index (χ3v) is 3.84. The van der Waals surface area contributed by atoms with Crippen LogP contribution in [0.3, 0.4) is 0 Å². The molecule has 0 heterocycles. The van der Waals surface area contributed by atoms with E-state index in [4.69, 9.17) is 5.26 Å². The average molecular weight is 295 g/mol. The van der Waals surface area contributed by atoms with Crippen molar-refractivity contribution in [3.63, 3.8) is 0 Å². The molecule has 0 fully saturated rings. The maximum atomic E-state index is 11.9. The highest BCUT2D eigenvalue weighted by molar-refractivity contribution is 7.89. The zero-order valence-corrected chi connectivity index (χ0v) is 12.2. The van der Waals surface area contributed by atoms with Crippen LogP contribution in [0.25, 0.3) is 0 Å². The van der Waals surface area contributed by atoms with Crippen LogP contribution >= 0.6 is 0 Å². The van der Waals surface area contributed by atoms with Crippen molar-refractivity contribution >= 4 is 15.9 Å². The average Bonchev–Trinajstić information content (AvgIpc) is 2.43. The standard InChI is InChI=1S/C13H17N3O3S/c1-10(2)8-15-13(17)9-16-20(18,19)12-5-3-11(7-14)4-6-12/h3-6,10,16H,8-9H2,1-2H3,(H,15,17). The summed E-state index contributed by atoms with van der Waals surface area (Å²) >= 11 is 0. The van der Waals surface area contributed by atoms with Crippen molar-refractivity contribution in [1.29, 1.82) is 5.26 Å². The molecule has 1 aromatic carbocycles. The van der Waals surface area contributed by atoms with Gasteiger partial charge in [-0.3, -0.25) is 4.79 Å². The molecule has 1 aromatic rings. The first-order valence-electron chi connectivity index (χ1n) is 6.11. The Morgan fingerprint density at radius 1 is 1.30 bits per heavy atom. The number of nitrogens with one attached hydrogen (secondary N) is 2. The van der Waals surface area contributed by atoms with Crippen LogP contribution in [0.4, 0.5) is 0 Å². The summed E-state index contributed by atoms with van der Waals surface area (Å²) in [5.74, 6) is -0.0787. The van der Waals surface area contributed by atoms with Gasteiger partial charge in [0.1, 0.15) is 0 Å². The molecule has 0 bridgehead atoms. The van der Waals surface area contributed by atoms with Gasteiger partial charge in [0.15, 0.2) is 0 Å². The third kappa shape index (κ3) is 4.99. The highest BCUT2D eigenvalue weighted by Crippen LogP contribution is 2.09. The Hall–Kier alpha value is -1.91. The summed E-state index contributed by atoms with van der Waals surface area (Å²) < 4.78 is 26.0. The van der Waals surface area contributed by atoms with E-state index in [1.54, 1.807) is 0 Å². The minimum absolute atomic E-state index is 0.0214. The van der Waals surface area contributed by atoms with E-state index >= 15 is 0 Å². The smallest absolute Gasteiger partial charge is 0.241 e. The number of hydrogen-bond acceptors (Lipinski definition) is 4. The molecular formula is C13H17N3O3S. The van der Waals surface area contributed by atoms with Crippen LogP contribution in [0.5, 0.6) is 0 Å². The highest BCUT2D eigenvalue weighted by atomic mass is 32.2. The van der Waals surface area contributed by atoms with E-state index < -0.39 is 10.0 Å². The van der Waals surface area contributed by atoms with Gasteiger partial charge in [0.2, 0.25) is 15.9 Å². The van der Waals surface area contributed by atoms with Crippen LogP contribution in [0, 0.1) is 17.2 Å². The molecule has 1 amide bonds. The van der Waals surface area contributed by atoms with Crippen molar-refractivity contribution in [1.82, 2.24) is 10.0 Å². The van der Waals surface area contributed by atoms with E-state index in [0.717, 1.165) is 0 Å².